The Kier molecular flexibility index (Phi) is 37.9. The van der Waals surface area contributed by atoms with Crippen LogP contribution in [0.15, 0.2) is 212 Å². The maximum atomic E-state index is 12.7. The molecule has 15 fully saturated rings. The minimum atomic E-state index is -2.07. The Morgan fingerprint density at radius 3 is 0.376 bits per heavy atom. The molecule has 14 bridgehead atoms. The van der Waals surface area contributed by atoms with Gasteiger partial charge in [0.05, 0.1) is 0 Å². The summed E-state index contributed by atoms with van der Waals surface area (Å²) in [6, 6.07) is 67.1. The molecule has 22 rings (SSSR count). The van der Waals surface area contributed by atoms with Crippen molar-refractivity contribution < 1.29 is 138 Å². The molecule has 0 radical (unpaired) electrons. The van der Waals surface area contributed by atoms with E-state index in [1.807, 2.05) is 212 Å². The highest BCUT2D eigenvalue weighted by molar-refractivity contribution is 5.21. The van der Waals surface area contributed by atoms with E-state index in [1.165, 1.54) is 0 Å². The largest absolute Gasteiger partial charge is 0.387 e. The van der Waals surface area contributed by atoms with E-state index in [1.54, 1.807) is 0 Å². The first-order chi connectivity index (χ1) is 64.8. The van der Waals surface area contributed by atoms with Crippen molar-refractivity contribution in [2.45, 2.75) is 260 Å². The van der Waals surface area contributed by atoms with Crippen molar-refractivity contribution in [1.29, 1.82) is 0 Å². The van der Waals surface area contributed by atoms with Gasteiger partial charge in [-0.3, -0.25) is 0 Å². The number of hydrogen-bond donors (Lipinski definition) is 21. The Bertz CT molecular complexity index is 3670. The van der Waals surface area contributed by atoms with Gasteiger partial charge in [0.2, 0.25) is 0 Å². The number of benzene rings is 7. The Hall–Kier alpha value is -6.86. The van der Waals surface area contributed by atoms with Crippen LogP contribution < -0.4 is 37.2 Å². The predicted octanol–water partition coefficient (Wildman–Crippen LogP) is -2.35. The molecule has 0 aromatic heterocycles. The SMILES string of the molecule is O[C@@H]1[C@H]2O[C@H]3[C@H](O)[C@@H](O)[C@@H](O[C@H]4[C@H](O)[C@@H](O)[C@@H](O[C@H]5[C@H](O)[C@@H](O)[C@@H](O[C@H]6[C@H](O)[C@@H](O)[C@@H](O[C@H]7[C@H](O)[C@@H](O)[C@@H](O[C@H]8[C@H](O)[C@H](O)[C@@H](O[C@@H]([C@@H]1O)[C@@H](CNCCc1ccccc1)O2)O[C@@H]8CNCCc1ccccc1)O[C@@H]7CNCCc1ccccc1)O[C@@H]6CNCCc1ccccc1)O[C@@H]5CNCCc1ccccc1)O[C@@H]4CNCCc1ccccc1)O[C@@H]3CNCCc1ccccc1. The molecule has 21 N–H and O–H groups in total. The van der Waals surface area contributed by atoms with Crippen LogP contribution in [0.1, 0.15) is 38.9 Å². The maximum Gasteiger partial charge on any atom is 0.187 e. The lowest BCUT2D eigenvalue weighted by Gasteiger charge is -2.50. The Labute approximate surface area is 774 Å². The summed E-state index contributed by atoms with van der Waals surface area (Å²) >= 11 is 0. The van der Waals surface area contributed by atoms with Crippen LogP contribution in [0.5, 0.6) is 0 Å². The van der Waals surface area contributed by atoms with Crippen LogP contribution in [-0.2, 0) is 111 Å². The van der Waals surface area contributed by atoms with Crippen molar-refractivity contribution in [2.24, 2.45) is 0 Å². The van der Waals surface area contributed by atoms with Gasteiger partial charge >= 0.3 is 0 Å². The average Bonchev–Trinajstić information content (AvgIpc) is 0.862. The van der Waals surface area contributed by atoms with Gasteiger partial charge in [0.25, 0.3) is 0 Å². The topological polar surface area (TPSA) is 497 Å². The molecule has 0 saturated carbocycles. The fourth-order valence-electron chi connectivity index (χ4n) is 18.4. The molecule has 728 valence electrons. The molecule has 7 aromatic carbocycles. The zero-order valence-electron chi connectivity index (χ0n) is 74.2. The molecule has 35 nitrogen and oxygen atoms in total. The lowest BCUT2D eigenvalue weighted by molar-refractivity contribution is -0.392. The highest BCUT2D eigenvalue weighted by Crippen LogP contribution is 2.40. The standard InChI is InChI=1S/C98H133N7O28/c106-71-78(113)92-120-64(50-99-43-36-57-22-8-1-9-23-57)85(71)127-93-79(114)72(107)87(66(121-93)52-101-45-38-59-26-12-3-13-27-59)129-95-81(116)74(109)89(68(123-95)54-103-47-40-61-30-16-5-17-31-61)131-97-83(118)76(111)91(70(125-97)56-105-49-42-63-34-20-7-21-35-63)133-98-84(119)77(112)90(69(126-98)55-104-48-41-62-32-18-6-19-33-62)132-96-82(117)75(110)88(67(124-96)53-102-46-39-60-28-14-4-15-29-60)130-94-80(115)73(108)86(128-92)65(122-94)51-100-44-37-58-24-10-2-11-25-58/h1-35,64-119H,36-56H2/t64-,65-,66-,67-,68-,69-,70-,71-,72-,73-,74-,75-,76-,77-,78-,79-,80-,81-,82-,83+,84+,85-,86-,87-,88-,89-,90-,91-,92-,93-,94-,95-,96-,97-,98-/m1/s1. The van der Waals surface area contributed by atoms with Gasteiger partial charge in [-0.15, -0.1) is 0 Å². The van der Waals surface area contributed by atoms with Crippen LogP contribution in [0.3, 0.4) is 0 Å². The molecule has 0 unspecified atom stereocenters. The molecule has 0 spiro atoms. The second-order valence-electron chi connectivity index (χ2n) is 35.5. The van der Waals surface area contributed by atoms with Crippen molar-refractivity contribution in [3.63, 3.8) is 0 Å². The number of nitrogens with one attached hydrogen (secondary N) is 7. The highest BCUT2D eigenvalue weighted by atomic mass is 16.8. The minimum absolute atomic E-state index is 0.147. The summed E-state index contributed by atoms with van der Waals surface area (Å²) in [5.74, 6) is 0. The van der Waals surface area contributed by atoms with E-state index in [0.29, 0.717) is 90.8 Å². The summed E-state index contributed by atoms with van der Waals surface area (Å²) in [7, 11) is 0. The maximum absolute atomic E-state index is 12.7. The van der Waals surface area contributed by atoms with Gasteiger partial charge in [0.1, 0.15) is 171 Å². The first-order valence-corrected chi connectivity index (χ1v) is 46.7. The first-order valence-electron chi connectivity index (χ1n) is 46.7. The van der Waals surface area contributed by atoms with Gasteiger partial charge in [-0.1, -0.05) is 212 Å². The molecule has 15 aliphatic heterocycles. The summed E-state index contributed by atoms with van der Waals surface area (Å²) in [4.78, 5) is 0. The summed E-state index contributed by atoms with van der Waals surface area (Å²) in [6.07, 6.45) is -58.9. The van der Waals surface area contributed by atoms with E-state index in [9.17, 15) is 71.5 Å². The second kappa shape index (κ2) is 50.1. The van der Waals surface area contributed by atoms with Crippen LogP contribution in [0.4, 0.5) is 0 Å². The number of aliphatic hydroxyl groups is 14. The summed E-state index contributed by atoms with van der Waals surface area (Å²) in [5.41, 5.74) is 6.85. The zero-order valence-corrected chi connectivity index (χ0v) is 74.2. The van der Waals surface area contributed by atoms with E-state index in [4.69, 9.17) is 66.3 Å². The van der Waals surface area contributed by atoms with Gasteiger partial charge in [0, 0.05) is 45.8 Å². The van der Waals surface area contributed by atoms with Gasteiger partial charge in [0.15, 0.2) is 44.0 Å². The third-order valence-corrected chi connectivity index (χ3v) is 26.0. The average molecular weight is 1860 g/mol. The van der Waals surface area contributed by atoms with Crippen LogP contribution in [0, 0.1) is 0 Å². The molecule has 15 aliphatic rings. The Morgan fingerprint density at radius 1 is 0.150 bits per heavy atom. The molecule has 35 atom stereocenters. The van der Waals surface area contributed by atoms with Crippen LogP contribution >= 0.6 is 0 Å². The number of fused-ring (bicyclic) bond motifs is 7. The quantitative estimate of drug-likeness (QED) is 0.0185. The third-order valence-electron chi connectivity index (χ3n) is 26.0. The van der Waals surface area contributed by atoms with Gasteiger partial charge in [-0.05, 0) is 130 Å². The molecule has 15 heterocycles. The highest BCUT2D eigenvalue weighted by Gasteiger charge is 2.60. The molecule has 15 saturated heterocycles. The van der Waals surface area contributed by atoms with Crippen molar-refractivity contribution in [3.8, 4) is 0 Å². The monoisotopic (exact) mass is 1860 g/mol. The fraction of sp³-hybridized carbons (Fsp3) is 0.571. The number of aliphatic hydroxyl groups excluding tert-OH is 14. The molecular formula is C98H133N7O28. The number of rotatable bonds is 35. The van der Waals surface area contributed by atoms with E-state index in [0.717, 1.165) is 38.9 Å². The summed E-state index contributed by atoms with van der Waals surface area (Å²) in [6.45, 7) is 1.27. The first kappa shape index (κ1) is 101. The second-order valence-corrected chi connectivity index (χ2v) is 35.5. The minimum Gasteiger partial charge on any atom is -0.387 e. The van der Waals surface area contributed by atoms with E-state index in [2.05, 4.69) is 37.2 Å². The molecular weight excluding hydrogens is 1720 g/mol. The van der Waals surface area contributed by atoms with Crippen molar-refractivity contribution in [1.82, 2.24) is 37.2 Å². The van der Waals surface area contributed by atoms with E-state index in [-0.39, 0.29) is 45.8 Å². The Morgan fingerprint density at radius 2 is 0.263 bits per heavy atom. The summed E-state index contributed by atoms with van der Waals surface area (Å²) < 4.78 is 93.4. The normalized spacial score (nSPS) is 36.8. The molecule has 35 heteroatoms. The molecule has 133 heavy (non-hydrogen) atoms. The van der Waals surface area contributed by atoms with Crippen LogP contribution in [-0.4, -0.2) is 378 Å². The van der Waals surface area contributed by atoms with E-state index < -0.39 is 215 Å². The third kappa shape index (κ3) is 26.8. The Balaban J connectivity index is 0.781. The lowest BCUT2D eigenvalue weighted by atomic mass is 9.94. The van der Waals surface area contributed by atoms with Gasteiger partial charge < -0.3 is 175 Å². The van der Waals surface area contributed by atoms with Crippen molar-refractivity contribution in [2.75, 3.05) is 91.6 Å². The van der Waals surface area contributed by atoms with Crippen LogP contribution in [0.25, 0.3) is 0 Å². The smallest absolute Gasteiger partial charge is 0.187 e. The molecule has 0 aliphatic carbocycles. The van der Waals surface area contributed by atoms with Crippen LogP contribution in [0.2, 0.25) is 0 Å². The van der Waals surface area contributed by atoms with E-state index >= 15 is 0 Å². The fourth-order valence-corrected chi connectivity index (χ4v) is 18.4. The number of hydrogen-bond acceptors (Lipinski definition) is 35. The van der Waals surface area contributed by atoms with Gasteiger partial charge in [-0.2, -0.15) is 0 Å². The molecule has 0 amide bonds. The van der Waals surface area contributed by atoms with Crippen molar-refractivity contribution >= 4 is 0 Å². The van der Waals surface area contributed by atoms with Gasteiger partial charge in [-0.25, -0.2) is 0 Å². The lowest BCUT2D eigenvalue weighted by Crippen LogP contribution is -2.69. The van der Waals surface area contributed by atoms with Crippen molar-refractivity contribution in [3.05, 3.63) is 251 Å². The molecule has 7 aromatic rings. The zero-order chi connectivity index (χ0) is 92.7. The predicted molar refractivity (Wildman–Crippen MR) is 480 cm³/mol. The number of ether oxygens (including phenoxy) is 14. The summed E-state index contributed by atoms with van der Waals surface area (Å²) in [5, 5.41) is 201.